The zero-order valence-electron chi connectivity index (χ0n) is 16.3. The van der Waals surface area contributed by atoms with Gasteiger partial charge in [-0.05, 0) is 52.0 Å². The van der Waals surface area contributed by atoms with Crippen LogP contribution in [-0.2, 0) is 11.3 Å². The summed E-state index contributed by atoms with van der Waals surface area (Å²) in [5, 5.41) is 4.42. The molecule has 3 aromatic heterocycles. The van der Waals surface area contributed by atoms with E-state index in [0.29, 0.717) is 33.0 Å². The van der Waals surface area contributed by atoms with Crippen molar-refractivity contribution in [2.75, 3.05) is 0 Å². The summed E-state index contributed by atoms with van der Waals surface area (Å²) in [6.07, 6.45) is 6.72. The van der Waals surface area contributed by atoms with Crippen LogP contribution >= 0.6 is 11.3 Å². The van der Waals surface area contributed by atoms with Crippen molar-refractivity contribution >= 4 is 27.5 Å². The number of fused-ring (bicyclic) bond motifs is 1. The van der Waals surface area contributed by atoms with E-state index in [1.807, 2.05) is 13.8 Å². The fraction of sp³-hybridized carbons (Fsp3) is 0.500. The summed E-state index contributed by atoms with van der Waals surface area (Å²) >= 11 is 1.23. The van der Waals surface area contributed by atoms with Crippen molar-refractivity contribution in [2.24, 2.45) is 0 Å². The molecule has 0 aromatic carbocycles. The first-order valence-electron chi connectivity index (χ1n) is 9.57. The molecule has 4 rings (SSSR count). The molecule has 0 radical (unpaired) electrons. The monoisotopic (exact) mass is 401 g/mol. The van der Waals surface area contributed by atoms with Gasteiger partial charge in [0.15, 0.2) is 0 Å². The minimum atomic E-state index is -0.343. The van der Waals surface area contributed by atoms with Gasteiger partial charge in [0.1, 0.15) is 21.6 Å². The van der Waals surface area contributed by atoms with Gasteiger partial charge in [-0.1, -0.05) is 11.6 Å². The van der Waals surface area contributed by atoms with Crippen LogP contribution < -0.4 is 5.56 Å². The lowest BCUT2D eigenvalue weighted by Gasteiger charge is -2.21. The number of esters is 1. The van der Waals surface area contributed by atoms with Crippen molar-refractivity contribution in [2.45, 2.75) is 65.5 Å². The average molecular weight is 401 g/mol. The molecule has 3 aromatic rings. The fourth-order valence-electron chi connectivity index (χ4n) is 3.75. The molecule has 0 bridgehead atoms. The Kier molecular flexibility index (Phi) is 5.05. The van der Waals surface area contributed by atoms with Gasteiger partial charge in [-0.25, -0.2) is 9.78 Å². The fourth-order valence-corrected chi connectivity index (χ4v) is 4.77. The normalized spacial score (nSPS) is 15.2. The lowest BCUT2D eigenvalue weighted by atomic mass is 9.98. The molecule has 3 heterocycles. The largest absolute Gasteiger partial charge is 0.458 e. The molecular weight excluding hydrogens is 378 g/mol. The third kappa shape index (κ3) is 3.37. The van der Waals surface area contributed by atoms with Crippen LogP contribution in [0.15, 0.2) is 15.6 Å². The van der Waals surface area contributed by atoms with E-state index < -0.39 is 0 Å². The van der Waals surface area contributed by atoms with E-state index in [1.54, 1.807) is 6.92 Å². The van der Waals surface area contributed by atoms with Crippen molar-refractivity contribution in [3.8, 4) is 0 Å². The second kappa shape index (κ2) is 7.50. The number of thiophene rings is 1. The summed E-state index contributed by atoms with van der Waals surface area (Å²) in [6, 6.07) is 0. The standard InChI is InChI=1S/C20H23N3O4S/c1-11-16-18(28-17(11)20(25)26-14-7-5-4-6-8-14)21-10-23(19(16)24)9-15-12(2)22-27-13(15)3/h10,14H,4-9H2,1-3H3. The number of hydrogen-bond acceptors (Lipinski definition) is 7. The van der Waals surface area contributed by atoms with Gasteiger partial charge in [-0.3, -0.25) is 9.36 Å². The second-order valence-electron chi connectivity index (χ2n) is 7.38. The zero-order valence-corrected chi connectivity index (χ0v) is 17.1. The molecule has 148 valence electrons. The summed E-state index contributed by atoms with van der Waals surface area (Å²) in [5.74, 6) is 0.340. The highest BCUT2D eigenvalue weighted by atomic mass is 32.1. The van der Waals surface area contributed by atoms with Gasteiger partial charge in [0.05, 0.1) is 24.0 Å². The Hall–Kier alpha value is -2.48. The lowest BCUT2D eigenvalue weighted by Crippen LogP contribution is -2.22. The molecule has 0 unspecified atom stereocenters. The highest BCUT2D eigenvalue weighted by Crippen LogP contribution is 2.29. The Morgan fingerprint density at radius 2 is 2.04 bits per heavy atom. The summed E-state index contributed by atoms with van der Waals surface area (Å²) < 4.78 is 12.4. The smallest absolute Gasteiger partial charge is 0.348 e. The van der Waals surface area contributed by atoms with Gasteiger partial charge < -0.3 is 9.26 Å². The first kappa shape index (κ1) is 18.9. The zero-order chi connectivity index (χ0) is 19.8. The number of carbonyl (C=O) groups excluding carboxylic acids is 1. The summed E-state index contributed by atoms with van der Waals surface area (Å²) in [4.78, 5) is 31.2. The molecule has 28 heavy (non-hydrogen) atoms. The summed E-state index contributed by atoms with van der Waals surface area (Å²) in [7, 11) is 0. The predicted octanol–water partition coefficient (Wildman–Crippen LogP) is 3.91. The van der Waals surface area contributed by atoms with Crippen LogP contribution in [0.2, 0.25) is 0 Å². The Morgan fingerprint density at radius 3 is 2.71 bits per heavy atom. The van der Waals surface area contributed by atoms with Gasteiger partial charge in [-0.15, -0.1) is 11.3 Å². The predicted molar refractivity (Wildman–Crippen MR) is 106 cm³/mol. The highest BCUT2D eigenvalue weighted by molar-refractivity contribution is 7.20. The van der Waals surface area contributed by atoms with Crippen LogP contribution in [0, 0.1) is 20.8 Å². The Bertz CT molecular complexity index is 1070. The van der Waals surface area contributed by atoms with E-state index in [-0.39, 0.29) is 17.6 Å². The first-order valence-corrected chi connectivity index (χ1v) is 10.4. The molecule has 0 aliphatic heterocycles. The minimum Gasteiger partial charge on any atom is -0.458 e. The molecule has 1 aliphatic rings. The molecule has 1 saturated carbocycles. The molecular formula is C20H23N3O4S. The van der Waals surface area contributed by atoms with Crippen molar-refractivity contribution in [3.63, 3.8) is 0 Å². The molecule has 0 N–H and O–H groups in total. The van der Waals surface area contributed by atoms with E-state index in [9.17, 15) is 9.59 Å². The number of ether oxygens (including phenoxy) is 1. The van der Waals surface area contributed by atoms with E-state index in [4.69, 9.17) is 9.26 Å². The van der Waals surface area contributed by atoms with Gasteiger partial charge in [0.2, 0.25) is 0 Å². The van der Waals surface area contributed by atoms with Crippen LogP contribution in [0.5, 0.6) is 0 Å². The number of rotatable bonds is 4. The Morgan fingerprint density at radius 1 is 1.29 bits per heavy atom. The van der Waals surface area contributed by atoms with Gasteiger partial charge in [-0.2, -0.15) is 0 Å². The number of hydrogen-bond donors (Lipinski definition) is 0. The maximum Gasteiger partial charge on any atom is 0.348 e. The van der Waals surface area contributed by atoms with Gasteiger partial charge in [0, 0.05) is 5.56 Å². The minimum absolute atomic E-state index is 0.0185. The lowest BCUT2D eigenvalue weighted by molar-refractivity contribution is 0.0216. The summed E-state index contributed by atoms with van der Waals surface area (Å²) in [6.45, 7) is 5.79. The number of aryl methyl sites for hydroxylation is 3. The molecule has 0 atom stereocenters. The van der Waals surface area contributed by atoms with Crippen molar-refractivity contribution in [1.82, 2.24) is 14.7 Å². The maximum atomic E-state index is 13.1. The van der Waals surface area contributed by atoms with Crippen molar-refractivity contribution in [3.05, 3.63) is 44.1 Å². The third-order valence-corrected chi connectivity index (χ3v) is 6.62. The van der Waals surface area contributed by atoms with Crippen molar-refractivity contribution < 1.29 is 14.1 Å². The molecule has 8 heteroatoms. The number of nitrogens with zero attached hydrogens (tertiary/aromatic N) is 3. The van der Waals surface area contributed by atoms with E-state index >= 15 is 0 Å². The van der Waals surface area contributed by atoms with Crippen LogP contribution in [0.3, 0.4) is 0 Å². The second-order valence-corrected chi connectivity index (χ2v) is 8.38. The first-order chi connectivity index (χ1) is 13.5. The van der Waals surface area contributed by atoms with Crippen LogP contribution in [0.1, 0.15) is 64.4 Å². The highest BCUT2D eigenvalue weighted by Gasteiger charge is 2.24. The quantitative estimate of drug-likeness (QED) is 0.616. The summed E-state index contributed by atoms with van der Waals surface area (Å²) in [5.41, 5.74) is 2.10. The molecule has 7 nitrogen and oxygen atoms in total. The van der Waals surface area contributed by atoms with E-state index in [0.717, 1.165) is 36.9 Å². The molecule has 1 aliphatic carbocycles. The molecule has 1 fully saturated rings. The van der Waals surface area contributed by atoms with Crippen LogP contribution in [0.4, 0.5) is 0 Å². The maximum absolute atomic E-state index is 13.1. The third-order valence-electron chi connectivity index (χ3n) is 5.44. The SMILES string of the molecule is Cc1noc(C)c1Cn1cnc2sc(C(=O)OC3CCCCC3)c(C)c2c1=O. The van der Waals surface area contributed by atoms with Crippen LogP contribution in [-0.4, -0.2) is 26.8 Å². The van der Waals surface area contributed by atoms with Gasteiger partial charge >= 0.3 is 5.97 Å². The van der Waals surface area contributed by atoms with Crippen LogP contribution in [0.25, 0.3) is 10.2 Å². The number of aromatic nitrogens is 3. The van der Waals surface area contributed by atoms with E-state index in [2.05, 4.69) is 10.1 Å². The van der Waals surface area contributed by atoms with Gasteiger partial charge in [0.25, 0.3) is 5.56 Å². The molecule has 0 spiro atoms. The van der Waals surface area contributed by atoms with Crippen molar-refractivity contribution in [1.29, 1.82) is 0 Å². The molecule has 0 saturated heterocycles. The van der Waals surface area contributed by atoms with E-state index in [1.165, 1.54) is 28.7 Å². The Balaban J connectivity index is 1.66. The molecule has 0 amide bonds. The topological polar surface area (TPSA) is 87.2 Å². The Labute approximate surface area is 166 Å². The number of carbonyl (C=O) groups is 1. The average Bonchev–Trinajstić information content (AvgIpc) is 3.19.